The first-order valence-corrected chi connectivity index (χ1v) is 8.18. The van der Waals surface area contributed by atoms with E-state index in [1.807, 2.05) is 49.5 Å². The van der Waals surface area contributed by atoms with Crippen LogP contribution in [0.25, 0.3) is 11.0 Å². The van der Waals surface area contributed by atoms with Crippen LogP contribution >= 0.6 is 22.6 Å². The van der Waals surface area contributed by atoms with E-state index < -0.39 is 0 Å². The van der Waals surface area contributed by atoms with Crippen molar-refractivity contribution in [3.63, 3.8) is 0 Å². The van der Waals surface area contributed by atoms with Gasteiger partial charge in [-0.1, -0.05) is 6.92 Å². The molecule has 1 amide bonds. The van der Waals surface area contributed by atoms with Crippen molar-refractivity contribution >= 4 is 45.2 Å². The third-order valence-corrected chi connectivity index (χ3v) is 4.37. The molecule has 5 heteroatoms. The van der Waals surface area contributed by atoms with Crippen molar-refractivity contribution in [2.75, 3.05) is 5.32 Å². The first kappa shape index (κ1) is 15.0. The molecule has 0 fully saturated rings. The minimum absolute atomic E-state index is 0.119. The average molecular weight is 405 g/mol. The number of halogens is 1. The summed E-state index contributed by atoms with van der Waals surface area (Å²) in [5.41, 5.74) is 3.31. The molecule has 0 aliphatic carbocycles. The topological polar surface area (TPSA) is 46.9 Å². The zero-order valence-electron chi connectivity index (χ0n) is 12.4. The van der Waals surface area contributed by atoms with Gasteiger partial charge < -0.3 is 9.88 Å². The van der Waals surface area contributed by atoms with Crippen LogP contribution in [0.5, 0.6) is 0 Å². The highest BCUT2D eigenvalue weighted by Gasteiger charge is 2.11. The molecule has 0 saturated heterocycles. The fraction of sp³-hybridized carbons (Fsp3) is 0.176. The number of hydrogen-bond acceptors (Lipinski definition) is 2. The molecule has 4 nitrogen and oxygen atoms in total. The predicted octanol–water partition coefficient (Wildman–Crippen LogP) is 3.99. The van der Waals surface area contributed by atoms with Crippen LogP contribution in [0.15, 0.2) is 42.5 Å². The lowest BCUT2D eigenvalue weighted by atomic mass is 10.2. The lowest BCUT2D eigenvalue weighted by molar-refractivity contribution is 0.102. The third-order valence-electron chi connectivity index (χ3n) is 3.65. The quantitative estimate of drug-likeness (QED) is 0.670. The second-order valence-electron chi connectivity index (χ2n) is 5.11. The number of anilines is 1. The Hall–Kier alpha value is -1.89. The third kappa shape index (κ3) is 2.85. The van der Waals surface area contributed by atoms with E-state index in [-0.39, 0.29) is 5.91 Å². The van der Waals surface area contributed by atoms with Crippen molar-refractivity contribution in [3.8, 4) is 0 Å². The monoisotopic (exact) mass is 405 g/mol. The molecular formula is C17H16IN3O. The van der Waals surface area contributed by atoms with Gasteiger partial charge in [0.1, 0.15) is 5.82 Å². The first-order chi connectivity index (χ1) is 10.6. The van der Waals surface area contributed by atoms with Crippen LogP contribution < -0.4 is 5.32 Å². The van der Waals surface area contributed by atoms with Crippen LogP contribution in [-0.4, -0.2) is 15.5 Å². The van der Waals surface area contributed by atoms with E-state index >= 15 is 0 Å². The standard InChI is InChI=1S/C17H16IN3O/c1-3-16-20-14-10-11(4-9-15(14)21(16)2)17(22)19-13-7-5-12(18)6-8-13/h4-10H,3H2,1-2H3,(H,19,22). The van der Waals surface area contributed by atoms with E-state index in [2.05, 4.69) is 44.4 Å². The molecule has 0 aliphatic heterocycles. The molecule has 0 unspecified atom stereocenters. The summed E-state index contributed by atoms with van der Waals surface area (Å²) in [5.74, 6) is 0.900. The number of aryl methyl sites for hydroxylation is 2. The van der Waals surface area contributed by atoms with Gasteiger partial charge in [0.25, 0.3) is 5.91 Å². The SMILES string of the molecule is CCc1nc2cc(C(=O)Nc3ccc(I)cc3)ccc2n1C. The summed E-state index contributed by atoms with van der Waals surface area (Å²) in [6.45, 7) is 2.08. The van der Waals surface area contributed by atoms with Gasteiger partial charge >= 0.3 is 0 Å². The maximum Gasteiger partial charge on any atom is 0.255 e. The molecule has 0 aliphatic rings. The number of benzene rings is 2. The lowest BCUT2D eigenvalue weighted by Gasteiger charge is -2.05. The molecule has 22 heavy (non-hydrogen) atoms. The highest BCUT2D eigenvalue weighted by atomic mass is 127. The number of nitrogens with one attached hydrogen (secondary N) is 1. The van der Waals surface area contributed by atoms with Gasteiger partial charge in [-0.2, -0.15) is 0 Å². The van der Waals surface area contributed by atoms with E-state index in [1.54, 1.807) is 0 Å². The van der Waals surface area contributed by atoms with Crippen molar-refractivity contribution in [1.82, 2.24) is 9.55 Å². The second-order valence-corrected chi connectivity index (χ2v) is 6.35. The number of hydrogen-bond donors (Lipinski definition) is 1. The smallest absolute Gasteiger partial charge is 0.255 e. The van der Waals surface area contributed by atoms with Crippen molar-refractivity contribution in [2.45, 2.75) is 13.3 Å². The number of imidazole rings is 1. The minimum Gasteiger partial charge on any atom is -0.331 e. The molecule has 2 aromatic carbocycles. The molecule has 1 heterocycles. The normalized spacial score (nSPS) is 10.9. The molecule has 1 N–H and O–H groups in total. The van der Waals surface area contributed by atoms with Crippen molar-refractivity contribution in [1.29, 1.82) is 0 Å². The van der Waals surface area contributed by atoms with E-state index in [0.29, 0.717) is 5.56 Å². The fourth-order valence-corrected chi connectivity index (χ4v) is 2.80. The molecule has 3 aromatic rings. The maximum atomic E-state index is 12.4. The Labute approximate surface area is 142 Å². The van der Waals surface area contributed by atoms with Crippen LogP contribution in [0.2, 0.25) is 0 Å². The molecular weight excluding hydrogens is 389 g/mol. The average Bonchev–Trinajstić information content (AvgIpc) is 2.85. The molecule has 112 valence electrons. The molecule has 0 atom stereocenters. The highest BCUT2D eigenvalue weighted by molar-refractivity contribution is 14.1. The molecule has 3 rings (SSSR count). The van der Waals surface area contributed by atoms with Gasteiger partial charge in [0, 0.05) is 28.3 Å². The summed E-state index contributed by atoms with van der Waals surface area (Å²) in [6, 6.07) is 13.4. The van der Waals surface area contributed by atoms with Crippen LogP contribution in [0.4, 0.5) is 5.69 Å². The van der Waals surface area contributed by atoms with Gasteiger partial charge in [-0.15, -0.1) is 0 Å². The summed E-state index contributed by atoms with van der Waals surface area (Å²) in [7, 11) is 2.00. The van der Waals surface area contributed by atoms with E-state index in [4.69, 9.17) is 0 Å². The minimum atomic E-state index is -0.119. The molecule has 0 saturated carbocycles. The zero-order valence-corrected chi connectivity index (χ0v) is 14.6. The molecule has 0 radical (unpaired) electrons. The molecule has 0 bridgehead atoms. The number of fused-ring (bicyclic) bond motifs is 1. The number of nitrogens with zero attached hydrogens (tertiary/aromatic N) is 2. The van der Waals surface area contributed by atoms with Gasteiger partial charge in [-0.05, 0) is 65.1 Å². The Balaban J connectivity index is 1.89. The number of carbonyl (C=O) groups is 1. The van der Waals surface area contributed by atoms with Crippen LogP contribution in [0.3, 0.4) is 0 Å². The Morgan fingerprint density at radius 2 is 1.95 bits per heavy atom. The largest absolute Gasteiger partial charge is 0.331 e. The lowest BCUT2D eigenvalue weighted by Crippen LogP contribution is -2.11. The predicted molar refractivity (Wildman–Crippen MR) is 97.2 cm³/mol. The van der Waals surface area contributed by atoms with Gasteiger partial charge in [-0.3, -0.25) is 4.79 Å². The fourth-order valence-electron chi connectivity index (χ4n) is 2.44. The van der Waals surface area contributed by atoms with Gasteiger partial charge in [0.05, 0.1) is 11.0 Å². The summed E-state index contributed by atoms with van der Waals surface area (Å²) in [6.07, 6.45) is 0.870. The number of aromatic nitrogens is 2. The summed E-state index contributed by atoms with van der Waals surface area (Å²) < 4.78 is 3.20. The van der Waals surface area contributed by atoms with E-state index in [1.165, 1.54) is 0 Å². The van der Waals surface area contributed by atoms with Gasteiger partial charge in [0.2, 0.25) is 0 Å². The Bertz CT molecular complexity index is 837. The Morgan fingerprint density at radius 3 is 2.64 bits per heavy atom. The van der Waals surface area contributed by atoms with Crippen molar-refractivity contribution in [3.05, 3.63) is 57.4 Å². The van der Waals surface area contributed by atoms with Crippen molar-refractivity contribution < 1.29 is 4.79 Å². The number of carbonyl (C=O) groups excluding carboxylic acids is 1. The van der Waals surface area contributed by atoms with Gasteiger partial charge in [0.15, 0.2) is 0 Å². The van der Waals surface area contributed by atoms with Crippen LogP contribution in [0, 0.1) is 3.57 Å². The van der Waals surface area contributed by atoms with Crippen LogP contribution in [0.1, 0.15) is 23.1 Å². The first-order valence-electron chi connectivity index (χ1n) is 7.10. The number of rotatable bonds is 3. The summed E-state index contributed by atoms with van der Waals surface area (Å²) in [5, 5.41) is 2.91. The Kier molecular flexibility index (Phi) is 4.15. The van der Waals surface area contributed by atoms with Gasteiger partial charge in [-0.25, -0.2) is 4.98 Å². The maximum absolute atomic E-state index is 12.4. The van der Waals surface area contributed by atoms with Crippen molar-refractivity contribution in [2.24, 2.45) is 7.05 Å². The molecule has 1 aromatic heterocycles. The zero-order chi connectivity index (χ0) is 15.7. The van der Waals surface area contributed by atoms with E-state index in [0.717, 1.165) is 32.5 Å². The van der Waals surface area contributed by atoms with E-state index in [9.17, 15) is 4.79 Å². The highest BCUT2D eigenvalue weighted by Crippen LogP contribution is 2.18. The second kappa shape index (κ2) is 6.08. The Morgan fingerprint density at radius 1 is 1.23 bits per heavy atom. The van der Waals surface area contributed by atoms with Crippen LogP contribution in [-0.2, 0) is 13.5 Å². The summed E-state index contributed by atoms with van der Waals surface area (Å²) in [4.78, 5) is 16.9. The number of amides is 1. The summed E-state index contributed by atoms with van der Waals surface area (Å²) >= 11 is 2.24. The molecule has 0 spiro atoms.